The first-order valence-corrected chi connectivity index (χ1v) is 12.2. The second-order valence-corrected chi connectivity index (χ2v) is 9.63. The third-order valence-corrected chi connectivity index (χ3v) is 7.18. The van der Waals surface area contributed by atoms with Crippen molar-refractivity contribution in [2.75, 3.05) is 13.7 Å². The Morgan fingerprint density at radius 1 is 1.22 bits per heavy atom. The van der Waals surface area contributed by atoms with Crippen LogP contribution in [0.2, 0.25) is 0 Å². The molecule has 3 N–H and O–H groups in total. The molecule has 1 aliphatic rings. The number of nitrogens with one attached hydrogen (secondary N) is 1. The van der Waals surface area contributed by atoms with Crippen LogP contribution in [0.1, 0.15) is 54.2 Å². The van der Waals surface area contributed by atoms with Crippen LogP contribution in [0.3, 0.4) is 0 Å². The molecule has 1 aromatic carbocycles. The number of para-hydroxylation sites is 1. The second kappa shape index (κ2) is 9.07. The van der Waals surface area contributed by atoms with Gasteiger partial charge in [-0.25, -0.2) is 14.4 Å². The fraction of sp³-hybridized carbons (Fsp3) is 0.333. The Labute approximate surface area is 207 Å². The van der Waals surface area contributed by atoms with Gasteiger partial charge < -0.3 is 15.5 Å². The molecule has 0 fully saturated rings. The summed E-state index contributed by atoms with van der Waals surface area (Å²) in [5, 5.41) is 5.92. The topological polar surface area (TPSA) is 107 Å². The Morgan fingerprint density at radius 3 is 2.92 bits per heavy atom. The predicted molar refractivity (Wildman–Crippen MR) is 135 cm³/mol. The predicted octanol–water partition coefficient (Wildman–Crippen LogP) is 4.35. The van der Waals surface area contributed by atoms with E-state index in [0.29, 0.717) is 30.1 Å². The van der Waals surface area contributed by atoms with E-state index in [4.69, 9.17) is 25.5 Å². The van der Waals surface area contributed by atoms with Gasteiger partial charge in [0.05, 0.1) is 18.3 Å². The van der Waals surface area contributed by atoms with E-state index in [1.165, 1.54) is 23.2 Å². The number of methoxy groups -OCH3 is 1. The number of ether oxygens (including phenoxy) is 1. The first-order chi connectivity index (χ1) is 17.5. The molecule has 0 radical (unpaired) electrons. The fourth-order valence-corrected chi connectivity index (χ4v) is 5.34. The monoisotopic (exact) mass is 485 g/mol. The zero-order valence-corrected chi connectivity index (χ0v) is 20.3. The summed E-state index contributed by atoms with van der Waals surface area (Å²) < 4.78 is 21.2. The fourth-order valence-electron chi connectivity index (χ4n) is 5.34. The Kier molecular flexibility index (Phi) is 5.73. The van der Waals surface area contributed by atoms with Gasteiger partial charge in [0.2, 0.25) is 0 Å². The molecular weight excluding hydrogens is 457 g/mol. The number of hydrogen-bond donors (Lipinski definition) is 2. The van der Waals surface area contributed by atoms with Crippen molar-refractivity contribution in [3.05, 3.63) is 77.4 Å². The molecule has 3 unspecified atom stereocenters. The van der Waals surface area contributed by atoms with E-state index in [2.05, 4.69) is 29.0 Å². The third-order valence-electron chi connectivity index (χ3n) is 7.18. The van der Waals surface area contributed by atoms with E-state index in [1.54, 1.807) is 13.3 Å². The van der Waals surface area contributed by atoms with Gasteiger partial charge in [-0.1, -0.05) is 25.1 Å². The maximum Gasteiger partial charge on any atom is 0.165 e. The molecule has 8 nitrogen and oxygen atoms in total. The lowest BCUT2D eigenvalue weighted by Gasteiger charge is -2.27. The third kappa shape index (κ3) is 3.84. The minimum absolute atomic E-state index is 0.0262. The number of H-pyrrole nitrogens is 1. The second-order valence-electron chi connectivity index (χ2n) is 9.63. The van der Waals surface area contributed by atoms with Crippen molar-refractivity contribution < 1.29 is 9.13 Å². The van der Waals surface area contributed by atoms with E-state index < -0.39 is 5.82 Å². The minimum Gasteiger partial charge on any atom is -0.385 e. The standard InChI is InChI=1S/C27H28FN7O/c1-15(7-8-36-2)22-14-31-35-26(33-25(34-27(22)35)16-9-17(28)13-30-12-16)21-11-18(29)10-20-19-5-3-4-6-23(19)32-24(20)21/h3-6,9,12-15,18,21,32H,7-8,10-11,29H2,1-2H3. The Hall–Kier alpha value is -3.69. The van der Waals surface area contributed by atoms with Gasteiger partial charge in [-0.15, -0.1) is 0 Å². The van der Waals surface area contributed by atoms with Crippen LogP contribution < -0.4 is 5.73 Å². The van der Waals surface area contributed by atoms with Gasteiger partial charge in [0, 0.05) is 53.7 Å². The highest BCUT2D eigenvalue weighted by atomic mass is 19.1. The molecule has 0 saturated carbocycles. The van der Waals surface area contributed by atoms with Crippen molar-refractivity contribution in [1.82, 2.24) is 29.5 Å². The molecule has 5 aromatic rings. The highest BCUT2D eigenvalue weighted by molar-refractivity contribution is 5.85. The maximum absolute atomic E-state index is 14.1. The SMILES string of the molecule is COCCC(C)c1cnn2c(C3CC(N)Cc4c3[nH]c3ccccc43)nc(-c3cncc(F)c3)nc12. The molecule has 36 heavy (non-hydrogen) atoms. The summed E-state index contributed by atoms with van der Waals surface area (Å²) in [6.07, 6.45) is 6.95. The van der Waals surface area contributed by atoms with Gasteiger partial charge >= 0.3 is 0 Å². The number of hydrogen-bond acceptors (Lipinski definition) is 6. The number of halogens is 1. The summed E-state index contributed by atoms with van der Waals surface area (Å²) in [5.74, 6) is 0.761. The van der Waals surface area contributed by atoms with Gasteiger partial charge in [0.25, 0.3) is 0 Å². The van der Waals surface area contributed by atoms with Crippen molar-refractivity contribution in [2.45, 2.75) is 44.1 Å². The van der Waals surface area contributed by atoms with Gasteiger partial charge in [0.15, 0.2) is 11.5 Å². The molecular formula is C27H28FN7O. The number of aromatic nitrogens is 6. The molecule has 0 amide bonds. The Bertz CT molecular complexity index is 1560. The van der Waals surface area contributed by atoms with Crippen molar-refractivity contribution in [2.24, 2.45) is 5.73 Å². The van der Waals surface area contributed by atoms with Crippen LogP contribution in [0.25, 0.3) is 27.9 Å². The van der Waals surface area contributed by atoms with Crippen molar-refractivity contribution in [1.29, 1.82) is 0 Å². The van der Waals surface area contributed by atoms with Crippen LogP contribution in [-0.4, -0.2) is 49.3 Å². The van der Waals surface area contributed by atoms with Crippen molar-refractivity contribution in [3.8, 4) is 11.4 Å². The molecule has 4 aromatic heterocycles. The van der Waals surface area contributed by atoms with Crippen LogP contribution >= 0.6 is 0 Å². The quantitative estimate of drug-likeness (QED) is 0.370. The maximum atomic E-state index is 14.1. The largest absolute Gasteiger partial charge is 0.385 e. The summed E-state index contributed by atoms with van der Waals surface area (Å²) in [6.45, 7) is 2.76. The molecule has 4 heterocycles. The summed E-state index contributed by atoms with van der Waals surface area (Å²) >= 11 is 0. The number of aromatic amines is 1. The first kappa shape index (κ1) is 22.8. The van der Waals surface area contributed by atoms with Crippen molar-refractivity contribution >= 4 is 16.6 Å². The summed E-state index contributed by atoms with van der Waals surface area (Å²) in [6, 6.07) is 9.67. The molecule has 1 aliphatic carbocycles. The lowest BCUT2D eigenvalue weighted by molar-refractivity contribution is 0.189. The molecule has 0 bridgehead atoms. The van der Waals surface area contributed by atoms with Crippen molar-refractivity contribution in [3.63, 3.8) is 0 Å². The van der Waals surface area contributed by atoms with Crippen LogP contribution in [0.4, 0.5) is 4.39 Å². The average Bonchev–Trinajstić information content (AvgIpc) is 3.48. The van der Waals surface area contributed by atoms with E-state index in [9.17, 15) is 4.39 Å². The van der Waals surface area contributed by atoms with Gasteiger partial charge in [-0.05, 0) is 42.9 Å². The van der Waals surface area contributed by atoms with Gasteiger partial charge in [-0.2, -0.15) is 9.61 Å². The van der Waals surface area contributed by atoms with E-state index in [1.807, 2.05) is 22.8 Å². The van der Waals surface area contributed by atoms with E-state index in [-0.39, 0.29) is 17.9 Å². The smallest absolute Gasteiger partial charge is 0.165 e. The average molecular weight is 486 g/mol. The van der Waals surface area contributed by atoms with Crippen LogP contribution in [0.5, 0.6) is 0 Å². The number of fused-ring (bicyclic) bond motifs is 4. The molecule has 3 atom stereocenters. The van der Waals surface area contributed by atoms with Crippen LogP contribution in [0, 0.1) is 5.82 Å². The highest BCUT2D eigenvalue weighted by Crippen LogP contribution is 2.39. The van der Waals surface area contributed by atoms with Gasteiger partial charge in [-0.3, -0.25) is 4.98 Å². The Morgan fingerprint density at radius 2 is 2.08 bits per heavy atom. The summed E-state index contributed by atoms with van der Waals surface area (Å²) in [4.78, 5) is 17.5. The molecule has 184 valence electrons. The lowest BCUT2D eigenvalue weighted by Crippen LogP contribution is -2.32. The van der Waals surface area contributed by atoms with E-state index in [0.717, 1.165) is 35.4 Å². The number of pyridine rings is 1. The molecule has 0 aliphatic heterocycles. The Balaban J connectivity index is 1.58. The molecule has 9 heteroatoms. The number of rotatable bonds is 6. The summed E-state index contributed by atoms with van der Waals surface area (Å²) in [5.41, 5.74) is 12.2. The van der Waals surface area contributed by atoms with Gasteiger partial charge in [0.1, 0.15) is 11.6 Å². The first-order valence-electron chi connectivity index (χ1n) is 12.2. The number of nitrogens with two attached hydrogens (primary N) is 1. The highest BCUT2D eigenvalue weighted by Gasteiger charge is 2.33. The zero-order chi connectivity index (χ0) is 24.8. The zero-order valence-electron chi connectivity index (χ0n) is 20.3. The normalized spacial score (nSPS) is 18.6. The molecule has 0 spiro atoms. The van der Waals surface area contributed by atoms with E-state index >= 15 is 0 Å². The molecule has 6 rings (SSSR count). The van der Waals surface area contributed by atoms with Crippen LogP contribution in [0.15, 0.2) is 48.9 Å². The minimum atomic E-state index is -0.433. The lowest BCUT2D eigenvalue weighted by atomic mass is 9.83. The summed E-state index contributed by atoms with van der Waals surface area (Å²) in [7, 11) is 1.70. The number of nitrogens with zero attached hydrogens (tertiary/aromatic N) is 5. The number of benzene rings is 1. The van der Waals surface area contributed by atoms with Crippen LogP contribution in [-0.2, 0) is 11.2 Å². The molecule has 0 saturated heterocycles.